The Morgan fingerprint density at radius 2 is 0.725 bits per heavy atom. The van der Waals surface area contributed by atoms with E-state index in [-0.39, 0.29) is 11.8 Å². The molecule has 2 unspecified atom stereocenters. The van der Waals surface area contributed by atoms with Crippen LogP contribution in [0, 0.1) is 13.8 Å². The molecule has 0 bridgehead atoms. The van der Waals surface area contributed by atoms with Gasteiger partial charge in [0.2, 0.25) is 0 Å². The zero-order valence-corrected chi connectivity index (χ0v) is 52.2. The topological polar surface area (TPSA) is 118 Å². The van der Waals surface area contributed by atoms with E-state index in [2.05, 4.69) is 87.7 Å². The molecule has 0 aliphatic carbocycles. The van der Waals surface area contributed by atoms with E-state index in [0.29, 0.717) is 101 Å². The highest BCUT2D eigenvalue weighted by atomic mass is 16.6. The predicted octanol–water partition coefficient (Wildman–Crippen LogP) is 17.4. The first kappa shape index (κ1) is 58.0. The molecule has 10 aromatic rings. The van der Waals surface area contributed by atoms with Crippen LogP contribution in [0.25, 0.3) is 0 Å². The summed E-state index contributed by atoms with van der Waals surface area (Å²) in [6.45, 7) is 19.9. The monoisotopic (exact) mass is 1200 g/mol. The van der Waals surface area contributed by atoms with E-state index in [0.717, 1.165) is 59.8 Å². The van der Waals surface area contributed by atoms with Gasteiger partial charge in [-0.1, -0.05) is 111 Å². The van der Waals surface area contributed by atoms with Gasteiger partial charge in [0.1, 0.15) is 23.0 Å². The van der Waals surface area contributed by atoms with Gasteiger partial charge < -0.3 is 28.7 Å². The molecule has 0 saturated carbocycles. The normalized spacial score (nSPS) is 16.2. The van der Waals surface area contributed by atoms with Gasteiger partial charge in [0, 0.05) is 111 Å². The second-order valence-corrected chi connectivity index (χ2v) is 24.1. The minimum absolute atomic E-state index is 0.250. The van der Waals surface area contributed by atoms with Gasteiger partial charge in [-0.15, -0.1) is 0 Å². The molecule has 10 aromatic carbocycles. The number of amides is 2. The van der Waals surface area contributed by atoms with Crippen molar-refractivity contribution in [1.29, 1.82) is 0 Å². The van der Waals surface area contributed by atoms with Crippen molar-refractivity contribution in [2.24, 2.45) is 0 Å². The van der Waals surface area contributed by atoms with Gasteiger partial charge in [0.05, 0.1) is 22.5 Å². The van der Waals surface area contributed by atoms with Crippen LogP contribution in [0.5, 0.6) is 23.0 Å². The number of benzene rings is 10. The fourth-order valence-electron chi connectivity index (χ4n) is 14.0. The van der Waals surface area contributed by atoms with Gasteiger partial charge in [-0.2, -0.15) is 0 Å². The zero-order valence-electron chi connectivity index (χ0n) is 52.2. The number of carbonyl (C=O) groups excluding carboxylic acids is 4. The first-order valence-corrected chi connectivity index (χ1v) is 31.2. The molecular formula is C79H68N4O8. The third-order valence-corrected chi connectivity index (χ3v) is 18.9. The van der Waals surface area contributed by atoms with Gasteiger partial charge in [0.15, 0.2) is 11.2 Å². The number of nitrogens with zero attached hydrogens (tertiary/aromatic N) is 4. The van der Waals surface area contributed by atoms with Crippen molar-refractivity contribution < 1.29 is 38.1 Å². The molecule has 0 fully saturated rings. The van der Waals surface area contributed by atoms with Gasteiger partial charge in [-0.05, 0) is 173 Å². The molecule has 91 heavy (non-hydrogen) atoms. The van der Waals surface area contributed by atoms with Crippen LogP contribution in [-0.2, 0) is 26.1 Å². The number of fused-ring (bicyclic) bond motifs is 12. The van der Waals surface area contributed by atoms with E-state index in [1.54, 1.807) is 21.9 Å². The molecule has 2 atom stereocenters. The number of esters is 2. The van der Waals surface area contributed by atoms with Crippen molar-refractivity contribution in [1.82, 2.24) is 0 Å². The van der Waals surface area contributed by atoms with Crippen LogP contribution in [0.1, 0.15) is 139 Å². The average Bonchev–Trinajstić information content (AvgIpc) is 1.65. The molecule has 2 amide bonds. The lowest BCUT2D eigenvalue weighted by molar-refractivity contribution is 0.0214. The van der Waals surface area contributed by atoms with Crippen LogP contribution >= 0.6 is 0 Å². The maximum absolute atomic E-state index is 15.3. The summed E-state index contributed by atoms with van der Waals surface area (Å²) in [5.41, 5.74) is 10.5. The smallest absolute Gasteiger partial charge is 0.340 e. The first-order valence-electron chi connectivity index (χ1n) is 31.2. The number of hydrogen-bond donors (Lipinski definition) is 0. The SMILES string of the molecule is CCN(CC)c1ccc2c(c1)Oc1cc(C)c(N(C(=O)c3ccccc3)c3ccc(C(C)(C)c4ccc(N(C(=O)c5ccccc5)c5cc6c(cc5C)Oc5cc(N(CC)CC)ccc5C65OC(=O)c6ccccc65)cc4)cc3)cc1C21OC(=O)c2ccccc21. The summed E-state index contributed by atoms with van der Waals surface area (Å²) in [5.74, 6) is 0.846. The lowest BCUT2D eigenvalue weighted by atomic mass is 9.77. The van der Waals surface area contributed by atoms with Crippen LogP contribution in [0.3, 0.4) is 0 Å². The van der Waals surface area contributed by atoms with Gasteiger partial charge in [0.25, 0.3) is 11.8 Å². The molecular weight excluding hydrogens is 1130 g/mol. The molecule has 12 nitrogen and oxygen atoms in total. The van der Waals surface area contributed by atoms with Crippen molar-refractivity contribution in [3.63, 3.8) is 0 Å². The number of anilines is 6. The average molecular weight is 1200 g/mol. The Balaban J connectivity index is 0.839. The van der Waals surface area contributed by atoms with Crippen LogP contribution in [0.15, 0.2) is 218 Å². The van der Waals surface area contributed by atoms with E-state index in [1.165, 1.54) is 0 Å². The van der Waals surface area contributed by atoms with Gasteiger partial charge >= 0.3 is 11.9 Å². The van der Waals surface area contributed by atoms with E-state index in [4.69, 9.17) is 18.9 Å². The number of hydrogen-bond acceptors (Lipinski definition) is 10. The van der Waals surface area contributed by atoms with Crippen molar-refractivity contribution in [3.05, 3.63) is 296 Å². The number of rotatable bonds is 14. The molecule has 12 heteroatoms. The summed E-state index contributed by atoms with van der Waals surface area (Å²) in [7, 11) is 0. The number of ether oxygens (including phenoxy) is 4. The predicted molar refractivity (Wildman–Crippen MR) is 357 cm³/mol. The van der Waals surface area contributed by atoms with Gasteiger partial charge in [-0.3, -0.25) is 19.4 Å². The molecule has 4 aliphatic rings. The molecule has 4 aliphatic heterocycles. The van der Waals surface area contributed by atoms with E-state index >= 15 is 9.59 Å². The largest absolute Gasteiger partial charge is 0.456 e. The van der Waals surface area contributed by atoms with E-state index < -0.39 is 28.6 Å². The lowest BCUT2D eigenvalue weighted by Gasteiger charge is -2.38. The fraction of sp³-hybridized carbons (Fsp3) is 0.190. The van der Waals surface area contributed by atoms with Crippen molar-refractivity contribution in [3.8, 4) is 23.0 Å². The standard InChI is InChI=1S/C79H68N4O8/c1-9-80(10-2)57-39-41-63-71(45-57)88-69-43-49(5)67(47-65(69)78(63)61-29-21-19-27-59(61)75(86)90-78)82(73(84)51-23-15-13-16-24-51)55-35-31-53(32-36-55)77(7,8)54-33-37-56(38-34-54)83(74(85)52-25-17-14-18-26-52)68-48-66-70(44-50(68)6)89-72-46-58(81(11-3)12-4)40-42-64(72)79(66)62-30-22-20-28-60(62)76(87)91-79/h13-48H,9-12H2,1-8H3. The summed E-state index contributed by atoms with van der Waals surface area (Å²) >= 11 is 0. The number of carbonyl (C=O) groups is 4. The molecule has 0 radical (unpaired) electrons. The lowest BCUT2D eigenvalue weighted by Crippen LogP contribution is -2.34. The molecule has 2 spiro atoms. The summed E-state index contributed by atoms with van der Waals surface area (Å²) in [6, 6.07) is 69.5. The fourth-order valence-corrected chi connectivity index (χ4v) is 14.0. The van der Waals surface area contributed by atoms with E-state index in [1.807, 2.05) is 184 Å². The Morgan fingerprint density at radius 1 is 0.385 bits per heavy atom. The Hall–Kier alpha value is -10.7. The van der Waals surface area contributed by atoms with Gasteiger partial charge in [-0.25, -0.2) is 9.59 Å². The Bertz CT molecular complexity index is 4290. The third kappa shape index (κ3) is 9.17. The molecule has 452 valence electrons. The molecule has 0 N–H and O–H groups in total. The zero-order chi connectivity index (χ0) is 63.1. The molecule has 0 aromatic heterocycles. The Labute approximate surface area is 530 Å². The van der Waals surface area contributed by atoms with Crippen LogP contribution in [0.2, 0.25) is 0 Å². The molecule has 0 saturated heterocycles. The minimum Gasteiger partial charge on any atom is -0.456 e. The highest BCUT2D eigenvalue weighted by Gasteiger charge is 2.56. The minimum atomic E-state index is -1.38. The highest BCUT2D eigenvalue weighted by molar-refractivity contribution is 6.13. The Kier molecular flexibility index (Phi) is 14.3. The summed E-state index contributed by atoms with van der Waals surface area (Å²) in [6.07, 6.45) is 0. The first-order chi connectivity index (χ1) is 44.1. The van der Waals surface area contributed by atoms with E-state index in [9.17, 15) is 9.59 Å². The molecule has 4 heterocycles. The second-order valence-electron chi connectivity index (χ2n) is 24.1. The number of aryl methyl sites for hydroxylation is 2. The summed E-state index contributed by atoms with van der Waals surface area (Å²) in [4.78, 5) is 66.7. The molecule has 14 rings (SSSR count). The van der Waals surface area contributed by atoms with Crippen molar-refractivity contribution >= 4 is 57.9 Å². The van der Waals surface area contributed by atoms with Crippen LogP contribution in [-0.4, -0.2) is 49.9 Å². The Morgan fingerprint density at radius 3 is 1.10 bits per heavy atom. The maximum atomic E-state index is 15.3. The highest BCUT2D eigenvalue weighted by Crippen LogP contribution is 2.60. The van der Waals surface area contributed by atoms with Crippen molar-refractivity contribution in [2.75, 3.05) is 45.8 Å². The van der Waals surface area contributed by atoms with Crippen LogP contribution in [0.4, 0.5) is 34.1 Å². The maximum Gasteiger partial charge on any atom is 0.340 e. The van der Waals surface area contributed by atoms with Crippen molar-refractivity contribution in [2.45, 2.75) is 72.0 Å². The second kappa shape index (κ2) is 22.4. The quantitative estimate of drug-likeness (QED) is 0.0974. The third-order valence-electron chi connectivity index (χ3n) is 18.9. The van der Waals surface area contributed by atoms with Crippen LogP contribution < -0.4 is 29.1 Å². The summed E-state index contributed by atoms with van der Waals surface area (Å²) in [5, 5.41) is 0. The summed E-state index contributed by atoms with van der Waals surface area (Å²) < 4.78 is 27.0.